The van der Waals surface area contributed by atoms with Gasteiger partial charge in [-0.25, -0.2) is 9.98 Å². The van der Waals surface area contributed by atoms with Crippen LogP contribution in [0.25, 0.3) is 0 Å². The topological polar surface area (TPSA) is 79.1 Å². The molecular weight excluding hydrogens is 144 g/mol. The van der Waals surface area contributed by atoms with Gasteiger partial charge in [-0.05, 0) is 0 Å². The van der Waals surface area contributed by atoms with Crippen molar-refractivity contribution in [2.75, 3.05) is 6.54 Å². The molecule has 0 unspecified atom stereocenters. The van der Waals surface area contributed by atoms with Crippen molar-refractivity contribution in [3.8, 4) is 0 Å². The highest BCUT2D eigenvalue weighted by Crippen LogP contribution is 1.95. The standard InChI is InChI=1S/C3H4N2O3S/c6-9(7,8)3-4-1-2-5-3/h1H,2H2,(H,6,7,8). The van der Waals surface area contributed by atoms with Gasteiger partial charge in [-0.2, -0.15) is 8.42 Å². The SMILES string of the molecule is O=S(=O)(O)C1=NCC=N1. The zero-order valence-corrected chi connectivity index (χ0v) is 5.17. The van der Waals surface area contributed by atoms with Crippen molar-refractivity contribution in [1.29, 1.82) is 0 Å². The highest BCUT2D eigenvalue weighted by molar-refractivity contribution is 8.01. The average Bonchev–Trinajstić information content (AvgIpc) is 2.08. The van der Waals surface area contributed by atoms with Crippen LogP contribution in [0.2, 0.25) is 0 Å². The molecule has 0 aromatic carbocycles. The second kappa shape index (κ2) is 1.89. The first-order valence-electron chi connectivity index (χ1n) is 2.15. The van der Waals surface area contributed by atoms with Crippen molar-refractivity contribution in [1.82, 2.24) is 0 Å². The maximum absolute atomic E-state index is 10.1. The molecule has 0 fully saturated rings. The Hall–Kier alpha value is -0.750. The van der Waals surface area contributed by atoms with Gasteiger partial charge in [0.05, 0.1) is 6.54 Å². The predicted octanol–water partition coefficient (Wildman–Crippen LogP) is -0.685. The van der Waals surface area contributed by atoms with Gasteiger partial charge in [0.2, 0.25) is 0 Å². The number of rotatable bonds is 0. The van der Waals surface area contributed by atoms with Gasteiger partial charge < -0.3 is 0 Å². The molecule has 0 aromatic heterocycles. The third kappa shape index (κ3) is 1.33. The van der Waals surface area contributed by atoms with E-state index in [0.29, 0.717) is 0 Å². The maximum atomic E-state index is 10.1. The van der Waals surface area contributed by atoms with Crippen LogP contribution in [0, 0.1) is 0 Å². The first-order chi connectivity index (χ1) is 4.11. The molecule has 1 N–H and O–H groups in total. The molecule has 0 aromatic rings. The van der Waals surface area contributed by atoms with Crippen molar-refractivity contribution >= 4 is 21.5 Å². The Morgan fingerprint density at radius 3 is 2.56 bits per heavy atom. The quantitative estimate of drug-likeness (QED) is 0.462. The van der Waals surface area contributed by atoms with E-state index in [1.807, 2.05) is 0 Å². The molecule has 6 heteroatoms. The highest BCUT2D eigenvalue weighted by Gasteiger charge is 2.15. The van der Waals surface area contributed by atoms with E-state index in [4.69, 9.17) is 4.55 Å². The minimum absolute atomic E-state index is 0.231. The van der Waals surface area contributed by atoms with Crippen molar-refractivity contribution in [2.45, 2.75) is 0 Å². The number of nitrogens with zero attached hydrogens (tertiary/aromatic N) is 2. The molecule has 1 aliphatic rings. The van der Waals surface area contributed by atoms with Gasteiger partial charge in [-0.1, -0.05) is 0 Å². The average molecular weight is 148 g/mol. The fourth-order valence-electron chi connectivity index (χ4n) is 0.427. The summed E-state index contributed by atoms with van der Waals surface area (Å²) in [7, 11) is -4.15. The summed E-state index contributed by atoms with van der Waals surface area (Å²) >= 11 is 0. The summed E-state index contributed by atoms with van der Waals surface area (Å²) < 4.78 is 28.5. The lowest BCUT2D eigenvalue weighted by Gasteiger charge is -1.86. The van der Waals surface area contributed by atoms with E-state index in [-0.39, 0.29) is 6.54 Å². The summed E-state index contributed by atoms with van der Waals surface area (Å²) in [5.41, 5.74) is 0. The van der Waals surface area contributed by atoms with Crippen molar-refractivity contribution < 1.29 is 13.0 Å². The summed E-state index contributed by atoms with van der Waals surface area (Å²) in [4.78, 5) is 6.66. The van der Waals surface area contributed by atoms with E-state index in [1.165, 1.54) is 6.21 Å². The molecule has 5 nitrogen and oxygen atoms in total. The van der Waals surface area contributed by atoms with E-state index in [0.717, 1.165) is 0 Å². The van der Waals surface area contributed by atoms with E-state index in [9.17, 15) is 8.42 Å². The Labute approximate surface area is 51.9 Å². The van der Waals surface area contributed by atoms with Gasteiger partial charge in [-0.15, -0.1) is 0 Å². The van der Waals surface area contributed by atoms with Crippen molar-refractivity contribution in [3.05, 3.63) is 0 Å². The molecule has 0 radical (unpaired) electrons. The smallest absolute Gasteiger partial charge is 0.279 e. The lowest BCUT2D eigenvalue weighted by molar-refractivity contribution is 0.498. The summed E-state index contributed by atoms with van der Waals surface area (Å²) in [5, 5.41) is -0.498. The largest absolute Gasteiger partial charge is 0.330 e. The minimum Gasteiger partial charge on any atom is -0.279 e. The molecule has 0 bridgehead atoms. The van der Waals surface area contributed by atoms with Crippen LogP contribution in [0.1, 0.15) is 0 Å². The van der Waals surface area contributed by atoms with E-state index >= 15 is 0 Å². The number of aliphatic imine (C=N–C) groups is 2. The van der Waals surface area contributed by atoms with E-state index in [2.05, 4.69) is 9.98 Å². The molecule has 0 saturated heterocycles. The summed E-state index contributed by atoms with van der Waals surface area (Å²) in [5.74, 6) is 0. The second-order valence-electron chi connectivity index (χ2n) is 1.41. The zero-order valence-electron chi connectivity index (χ0n) is 4.35. The lowest BCUT2D eigenvalue weighted by Crippen LogP contribution is -2.08. The summed E-state index contributed by atoms with van der Waals surface area (Å²) in [6.07, 6.45) is 1.31. The molecule has 0 atom stereocenters. The molecule has 1 aliphatic heterocycles. The van der Waals surface area contributed by atoms with E-state index < -0.39 is 15.3 Å². The van der Waals surface area contributed by atoms with Gasteiger partial charge in [0, 0.05) is 6.21 Å². The predicted molar refractivity (Wildman–Crippen MR) is 32.3 cm³/mol. The Kier molecular flexibility index (Phi) is 1.34. The molecule has 9 heavy (non-hydrogen) atoms. The molecular formula is C3H4N2O3S. The van der Waals surface area contributed by atoms with Crippen LogP contribution in [0.15, 0.2) is 9.98 Å². The monoisotopic (exact) mass is 148 g/mol. The Bertz CT molecular complexity index is 263. The number of hydrogen-bond acceptors (Lipinski definition) is 4. The molecule has 1 heterocycles. The molecule has 0 spiro atoms. The molecule has 0 amide bonds. The molecule has 0 aliphatic carbocycles. The molecule has 50 valence electrons. The van der Waals surface area contributed by atoms with Crippen LogP contribution in [-0.2, 0) is 10.1 Å². The maximum Gasteiger partial charge on any atom is 0.330 e. The summed E-state index contributed by atoms with van der Waals surface area (Å²) in [6.45, 7) is 0.231. The second-order valence-corrected chi connectivity index (χ2v) is 2.73. The van der Waals surface area contributed by atoms with Gasteiger partial charge in [0.15, 0.2) is 0 Å². The zero-order chi connectivity index (χ0) is 6.91. The van der Waals surface area contributed by atoms with Gasteiger partial charge in [0.1, 0.15) is 0 Å². The van der Waals surface area contributed by atoms with Gasteiger partial charge >= 0.3 is 10.1 Å². The van der Waals surface area contributed by atoms with Crippen LogP contribution >= 0.6 is 0 Å². The highest BCUT2D eigenvalue weighted by atomic mass is 32.2. The molecule has 1 rings (SSSR count). The molecule has 0 saturated carbocycles. The first-order valence-corrected chi connectivity index (χ1v) is 3.59. The van der Waals surface area contributed by atoms with Gasteiger partial charge in [0.25, 0.3) is 5.17 Å². The van der Waals surface area contributed by atoms with Gasteiger partial charge in [-0.3, -0.25) is 4.55 Å². The van der Waals surface area contributed by atoms with Crippen molar-refractivity contribution in [3.63, 3.8) is 0 Å². The Morgan fingerprint density at radius 2 is 2.33 bits per heavy atom. The van der Waals surface area contributed by atoms with Crippen LogP contribution in [0.3, 0.4) is 0 Å². The third-order valence-electron chi connectivity index (χ3n) is 0.741. The lowest BCUT2D eigenvalue weighted by atomic mass is 10.8. The normalized spacial score (nSPS) is 18.1. The minimum atomic E-state index is -4.15. The fraction of sp³-hybridized carbons (Fsp3) is 0.333. The van der Waals surface area contributed by atoms with Crippen LogP contribution in [-0.4, -0.2) is 30.9 Å². The van der Waals surface area contributed by atoms with Crippen LogP contribution < -0.4 is 0 Å². The first kappa shape index (κ1) is 6.37. The third-order valence-corrected chi connectivity index (χ3v) is 1.44. The Balaban J connectivity index is 3.01. The Morgan fingerprint density at radius 1 is 1.67 bits per heavy atom. The fourth-order valence-corrected chi connectivity index (χ4v) is 0.872. The van der Waals surface area contributed by atoms with Crippen LogP contribution in [0.4, 0.5) is 0 Å². The number of amidine groups is 1. The summed E-state index contributed by atoms with van der Waals surface area (Å²) in [6, 6.07) is 0. The van der Waals surface area contributed by atoms with E-state index in [1.54, 1.807) is 0 Å². The van der Waals surface area contributed by atoms with Crippen LogP contribution in [0.5, 0.6) is 0 Å². The van der Waals surface area contributed by atoms with Crippen molar-refractivity contribution in [2.24, 2.45) is 9.98 Å². The number of hydrogen-bond donors (Lipinski definition) is 1.